The highest BCUT2D eigenvalue weighted by Gasteiger charge is 2.76. The molecule has 0 aliphatic carbocycles. The molecule has 0 aliphatic rings. The number of halogens is 11. The van der Waals surface area contributed by atoms with Gasteiger partial charge in [-0.3, -0.25) is 4.79 Å². The van der Waals surface area contributed by atoms with Gasteiger partial charge in [-0.05, 0) is 18.2 Å². The summed E-state index contributed by atoms with van der Waals surface area (Å²) in [7, 11) is 0. The molecule has 0 aromatic heterocycles. The molecule has 1 aromatic carbocycles. The molecule has 130 valence electrons. The van der Waals surface area contributed by atoms with Crippen molar-refractivity contribution in [3.63, 3.8) is 0 Å². The molecule has 0 bridgehead atoms. The van der Waals surface area contributed by atoms with Gasteiger partial charge >= 0.3 is 24.2 Å². The van der Waals surface area contributed by atoms with Crippen molar-refractivity contribution in [3.8, 4) is 0 Å². The maximum absolute atomic E-state index is 13.2. The SMILES string of the molecule is O=C(c1ccc(Br)cc1C(F)(F)F)C(F)(F)C(F)(F)C(F)(F)F. The van der Waals surface area contributed by atoms with Crippen LogP contribution in [0.1, 0.15) is 15.9 Å². The zero-order valence-electron chi connectivity index (χ0n) is 10.3. The highest BCUT2D eigenvalue weighted by atomic mass is 79.9. The van der Waals surface area contributed by atoms with Crippen LogP contribution in [-0.2, 0) is 6.18 Å². The summed E-state index contributed by atoms with van der Waals surface area (Å²) in [5.74, 6) is -16.5. The van der Waals surface area contributed by atoms with E-state index in [1.54, 1.807) is 0 Å². The summed E-state index contributed by atoms with van der Waals surface area (Å²) >= 11 is 2.53. The molecule has 0 radical (unpaired) electrons. The number of rotatable bonds is 3. The standard InChI is InChI=1S/C11H3BrF10O/c12-4-1-2-5(6(3-4)9(15,16)17)7(23)8(13,14)10(18,19)11(20,21)22/h1-3H. The van der Waals surface area contributed by atoms with E-state index in [0.29, 0.717) is 6.07 Å². The minimum absolute atomic E-state index is 0.0790. The van der Waals surface area contributed by atoms with Crippen LogP contribution in [0.4, 0.5) is 43.9 Å². The number of hydrogen-bond donors (Lipinski definition) is 0. The Kier molecular flexibility index (Phi) is 4.83. The predicted molar refractivity (Wildman–Crippen MR) is 59.4 cm³/mol. The lowest BCUT2D eigenvalue weighted by atomic mass is 9.95. The van der Waals surface area contributed by atoms with Crippen molar-refractivity contribution in [2.45, 2.75) is 24.2 Å². The molecule has 0 atom stereocenters. The second kappa shape index (κ2) is 5.64. The Labute approximate surface area is 129 Å². The maximum Gasteiger partial charge on any atom is 0.460 e. The molecule has 0 N–H and O–H groups in total. The average Bonchev–Trinajstić information content (AvgIpc) is 2.35. The van der Waals surface area contributed by atoms with Gasteiger partial charge in [0.2, 0.25) is 5.78 Å². The summed E-state index contributed by atoms with van der Waals surface area (Å²) in [5, 5.41) is 0. The van der Waals surface area contributed by atoms with Gasteiger partial charge in [0, 0.05) is 10.0 Å². The Morgan fingerprint density at radius 2 is 1.35 bits per heavy atom. The van der Waals surface area contributed by atoms with E-state index in [1.165, 1.54) is 0 Å². The van der Waals surface area contributed by atoms with Crippen molar-refractivity contribution in [1.29, 1.82) is 0 Å². The monoisotopic (exact) mass is 420 g/mol. The second-order valence-electron chi connectivity index (χ2n) is 4.16. The molecule has 12 heteroatoms. The zero-order chi connectivity index (χ0) is 18.4. The molecular formula is C11H3BrF10O. The molecule has 1 nitrogen and oxygen atoms in total. The van der Waals surface area contributed by atoms with Crippen LogP contribution in [0.25, 0.3) is 0 Å². The third-order valence-corrected chi connectivity index (χ3v) is 3.06. The summed E-state index contributed by atoms with van der Waals surface area (Å²) in [6.45, 7) is 0. The molecule has 0 fully saturated rings. The summed E-state index contributed by atoms with van der Waals surface area (Å²) in [6.07, 6.45) is -12.3. The summed E-state index contributed by atoms with van der Waals surface area (Å²) < 4.78 is 126. The third kappa shape index (κ3) is 3.45. The molecule has 1 rings (SSSR count). The quantitative estimate of drug-likeness (QED) is 0.467. The van der Waals surface area contributed by atoms with Gasteiger partial charge < -0.3 is 0 Å². The fourth-order valence-corrected chi connectivity index (χ4v) is 1.80. The fourth-order valence-electron chi connectivity index (χ4n) is 1.44. The van der Waals surface area contributed by atoms with Gasteiger partial charge in [0.15, 0.2) is 0 Å². The van der Waals surface area contributed by atoms with Gasteiger partial charge in [0.05, 0.1) is 5.56 Å². The first-order chi connectivity index (χ1) is 10.0. The van der Waals surface area contributed by atoms with Crippen LogP contribution in [-0.4, -0.2) is 23.8 Å². The average molecular weight is 421 g/mol. The van der Waals surface area contributed by atoms with Crippen LogP contribution in [0.15, 0.2) is 22.7 Å². The first-order valence-electron chi connectivity index (χ1n) is 5.27. The predicted octanol–water partition coefficient (Wildman–Crippen LogP) is 5.48. The molecule has 23 heavy (non-hydrogen) atoms. The van der Waals surface area contributed by atoms with E-state index in [2.05, 4.69) is 15.9 Å². The Morgan fingerprint density at radius 3 is 1.74 bits per heavy atom. The van der Waals surface area contributed by atoms with Crippen molar-refractivity contribution < 1.29 is 48.7 Å². The Morgan fingerprint density at radius 1 is 0.870 bits per heavy atom. The number of alkyl halides is 10. The van der Waals surface area contributed by atoms with E-state index in [-0.39, 0.29) is 16.6 Å². The second-order valence-corrected chi connectivity index (χ2v) is 5.08. The third-order valence-electron chi connectivity index (χ3n) is 2.57. The largest absolute Gasteiger partial charge is 0.460 e. The smallest absolute Gasteiger partial charge is 0.287 e. The van der Waals surface area contributed by atoms with E-state index in [1.807, 2.05) is 0 Å². The summed E-state index contributed by atoms with van der Waals surface area (Å²) in [4.78, 5) is 11.3. The topological polar surface area (TPSA) is 17.1 Å². The molecule has 0 amide bonds. The fraction of sp³-hybridized carbons (Fsp3) is 0.364. The molecule has 0 unspecified atom stereocenters. The lowest BCUT2D eigenvalue weighted by Crippen LogP contribution is -2.56. The number of ketones is 1. The van der Waals surface area contributed by atoms with Gasteiger partial charge in [0.1, 0.15) is 0 Å². The molecular weight excluding hydrogens is 418 g/mol. The summed E-state index contributed by atoms with van der Waals surface area (Å²) in [5.41, 5.74) is -4.08. The zero-order valence-corrected chi connectivity index (χ0v) is 11.9. The molecule has 0 aliphatic heterocycles. The van der Waals surface area contributed by atoms with Crippen LogP contribution in [0.5, 0.6) is 0 Å². The number of hydrogen-bond acceptors (Lipinski definition) is 1. The maximum atomic E-state index is 13.2. The Bertz CT molecular complexity index is 616. The molecule has 0 saturated carbocycles. The van der Waals surface area contributed by atoms with Crippen LogP contribution in [0.2, 0.25) is 0 Å². The van der Waals surface area contributed by atoms with Crippen molar-refractivity contribution in [2.24, 2.45) is 0 Å². The van der Waals surface area contributed by atoms with Crippen LogP contribution >= 0.6 is 15.9 Å². The van der Waals surface area contributed by atoms with Crippen LogP contribution < -0.4 is 0 Å². The van der Waals surface area contributed by atoms with Gasteiger partial charge in [-0.15, -0.1) is 0 Å². The van der Waals surface area contributed by atoms with E-state index in [9.17, 15) is 48.7 Å². The van der Waals surface area contributed by atoms with Crippen molar-refractivity contribution in [2.75, 3.05) is 0 Å². The number of carbonyl (C=O) groups is 1. The molecule has 0 spiro atoms. The lowest BCUT2D eigenvalue weighted by Gasteiger charge is -2.27. The molecule has 0 heterocycles. The van der Waals surface area contributed by atoms with E-state index in [0.717, 1.165) is 0 Å². The van der Waals surface area contributed by atoms with Gasteiger partial charge in [-0.2, -0.15) is 43.9 Å². The number of Topliss-reactive ketones (excluding diaryl/α,β-unsaturated/α-hetero) is 1. The van der Waals surface area contributed by atoms with Crippen molar-refractivity contribution in [1.82, 2.24) is 0 Å². The highest BCUT2D eigenvalue weighted by molar-refractivity contribution is 9.10. The van der Waals surface area contributed by atoms with Gasteiger partial charge in [-0.1, -0.05) is 15.9 Å². The Hall–Kier alpha value is -1.33. The minimum Gasteiger partial charge on any atom is -0.287 e. The normalized spacial score (nSPS) is 14.0. The van der Waals surface area contributed by atoms with Crippen LogP contribution in [0.3, 0.4) is 0 Å². The van der Waals surface area contributed by atoms with Crippen LogP contribution in [0, 0.1) is 0 Å². The summed E-state index contributed by atoms with van der Waals surface area (Å²) in [6, 6.07) is 0.801. The first-order valence-corrected chi connectivity index (χ1v) is 6.06. The molecule has 1 aromatic rings. The van der Waals surface area contributed by atoms with E-state index in [4.69, 9.17) is 0 Å². The molecule has 0 saturated heterocycles. The van der Waals surface area contributed by atoms with E-state index < -0.39 is 41.1 Å². The van der Waals surface area contributed by atoms with Crippen molar-refractivity contribution in [3.05, 3.63) is 33.8 Å². The minimum atomic E-state index is -6.84. The van der Waals surface area contributed by atoms with E-state index >= 15 is 0 Å². The first kappa shape index (κ1) is 19.7. The van der Waals surface area contributed by atoms with Gasteiger partial charge in [-0.25, -0.2) is 0 Å². The van der Waals surface area contributed by atoms with Gasteiger partial charge in [0.25, 0.3) is 0 Å². The Balaban J connectivity index is 3.52. The number of benzene rings is 1. The lowest BCUT2D eigenvalue weighted by molar-refractivity contribution is -0.339. The van der Waals surface area contributed by atoms with Crippen molar-refractivity contribution >= 4 is 21.7 Å². The highest BCUT2D eigenvalue weighted by Crippen LogP contribution is 2.48. The number of carbonyl (C=O) groups excluding carboxylic acids is 1.